The smallest absolute Gasteiger partial charge is 0.290 e. The summed E-state index contributed by atoms with van der Waals surface area (Å²) < 4.78 is 18.9. The van der Waals surface area contributed by atoms with Gasteiger partial charge in [-0.15, -0.1) is 0 Å². The summed E-state index contributed by atoms with van der Waals surface area (Å²) in [5.41, 5.74) is 0.897. The van der Waals surface area contributed by atoms with Gasteiger partial charge in [0.05, 0.1) is 17.0 Å². The van der Waals surface area contributed by atoms with E-state index in [-0.39, 0.29) is 28.5 Å². The van der Waals surface area contributed by atoms with Gasteiger partial charge in [-0.3, -0.25) is 9.59 Å². The second-order valence-corrected chi connectivity index (χ2v) is 6.12. The van der Waals surface area contributed by atoms with E-state index in [0.717, 1.165) is 0 Å². The van der Waals surface area contributed by atoms with Crippen LogP contribution in [-0.4, -0.2) is 17.9 Å². The summed E-state index contributed by atoms with van der Waals surface area (Å²) in [5.74, 6) is -0.747. The molecular formula is C18H11ClFNO3. The highest BCUT2D eigenvalue weighted by Gasteiger charge is 2.40. The standard InChI is InChI=1S/C18H11ClFNO3/c1-21-15(9-2-5-11(20)6-3-9)14-16(22)12-8-10(19)4-7-13(12)24-17(14)18(21)23/h2-8,15H,1H3. The Bertz CT molecular complexity index is 1040. The molecule has 0 radical (unpaired) electrons. The van der Waals surface area contributed by atoms with Crippen LogP contribution in [0.1, 0.15) is 27.7 Å². The van der Waals surface area contributed by atoms with E-state index < -0.39 is 6.04 Å². The Kier molecular flexibility index (Phi) is 3.21. The quantitative estimate of drug-likeness (QED) is 0.676. The first kappa shape index (κ1) is 14.9. The molecule has 4 nitrogen and oxygen atoms in total. The first-order chi connectivity index (χ1) is 11.5. The lowest BCUT2D eigenvalue weighted by molar-refractivity contribution is 0.0771. The monoisotopic (exact) mass is 343 g/mol. The van der Waals surface area contributed by atoms with E-state index in [1.807, 2.05) is 0 Å². The summed E-state index contributed by atoms with van der Waals surface area (Å²) in [6, 6.07) is 9.77. The molecular weight excluding hydrogens is 333 g/mol. The lowest BCUT2D eigenvalue weighted by atomic mass is 9.99. The Hall–Kier alpha value is -2.66. The second kappa shape index (κ2) is 5.18. The molecule has 0 aliphatic carbocycles. The van der Waals surface area contributed by atoms with Crippen LogP contribution in [0.25, 0.3) is 11.0 Å². The highest BCUT2D eigenvalue weighted by Crippen LogP contribution is 2.37. The van der Waals surface area contributed by atoms with E-state index in [2.05, 4.69) is 0 Å². The van der Waals surface area contributed by atoms with E-state index in [9.17, 15) is 14.0 Å². The molecule has 24 heavy (non-hydrogen) atoms. The maximum Gasteiger partial charge on any atom is 0.290 e. The zero-order valence-electron chi connectivity index (χ0n) is 12.5. The molecule has 1 aliphatic rings. The van der Waals surface area contributed by atoms with Crippen molar-refractivity contribution in [1.29, 1.82) is 0 Å². The fourth-order valence-corrected chi connectivity index (χ4v) is 3.27. The van der Waals surface area contributed by atoms with E-state index in [1.54, 1.807) is 31.3 Å². The Labute approximate surface area is 141 Å². The van der Waals surface area contributed by atoms with Crippen LogP contribution in [0.4, 0.5) is 4.39 Å². The number of benzene rings is 2. The first-order valence-corrected chi connectivity index (χ1v) is 7.64. The number of hydrogen-bond donors (Lipinski definition) is 0. The van der Waals surface area contributed by atoms with Crippen molar-refractivity contribution >= 4 is 28.5 Å². The van der Waals surface area contributed by atoms with Crippen molar-refractivity contribution in [3.63, 3.8) is 0 Å². The van der Waals surface area contributed by atoms with Gasteiger partial charge in [-0.1, -0.05) is 23.7 Å². The predicted octanol–water partition coefficient (Wildman–Crippen LogP) is 3.76. The molecule has 0 fully saturated rings. The summed E-state index contributed by atoms with van der Waals surface area (Å²) in [6.07, 6.45) is 0. The molecule has 4 rings (SSSR count). The van der Waals surface area contributed by atoms with Gasteiger partial charge in [-0.2, -0.15) is 0 Å². The molecule has 2 heterocycles. The number of nitrogens with zero attached hydrogens (tertiary/aromatic N) is 1. The SMILES string of the molecule is CN1C(=O)c2oc3ccc(Cl)cc3c(=O)c2C1c1ccc(F)cc1. The molecule has 6 heteroatoms. The van der Waals surface area contributed by atoms with Gasteiger partial charge in [-0.05, 0) is 35.9 Å². The lowest BCUT2D eigenvalue weighted by Gasteiger charge is -2.20. The third-order valence-corrected chi connectivity index (χ3v) is 4.48. The van der Waals surface area contributed by atoms with E-state index in [1.165, 1.54) is 23.1 Å². The third kappa shape index (κ3) is 2.05. The molecule has 1 aliphatic heterocycles. The van der Waals surface area contributed by atoms with Crippen molar-refractivity contribution in [2.45, 2.75) is 6.04 Å². The summed E-state index contributed by atoms with van der Waals surface area (Å²) in [7, 11) is 1.59. The number of fused-ring (bicyclic) bond motifs is 2. The van der Waals surface area contributed by atoms with Gasteiger partial charge in [0.1, 0.15) is 11.4 Å². The van der Waals surface area contributed by atoms with Gasteiger partial charge < -0.3 is 9.32 Å². The van der Waals surface area contributed by atoms with Crippen LogP contribution >= 0.6 is 11.6 Å². The summed E-state index contributed by atoms with van der Waals surface area (Å²) in [4.78, 5) is 26.9. The highest BCUT2D eigenvalue weighted by atomic mass is 35.5. The molecule has 0 N–H and O–H groups in total. The van der Waals surface area contributed by atoms with Crippen LogP contribution in [0.3, 0.4) is 0 Å². The van der Waals surface area contributed by atoms with E-state index in [0.29, 0.717) is 21.6 Å². The topological polar surface area (TPSA) is 50.5 Å². The average molecular weight is 344 g/mol. The van der Waals surface area contributed by atoms with Crippen molar-refractivity contribution in [2.75, 3.05) is 7.05 Å². The zero-order valence-corrected chi connectivity index (χ0v) is 13.3. The molecule has 0 saturated heterocycles. The molecule has 1 unspecified atom stereocenters. The number of hydrogen-bond acceptors (Lipinski definition) is 3. The normalized spacial score (nSPS) is 16.7. The lowest BCUT2D eigenvalue weighted by Crippen LogP contribution is -2.25. The van der Waals surface area contributed by atoms with Crippen molar-refractivity contribution < 1.29 is 13.6 Å². The van der Waals surface area contributed by atoms with Gasteiger partial charge in [0.2, 0.25) is 5.76 Å². The van der Waals surface area contributed by atoms with Gasteiger partial charge in [0.15, 0.2) is 5.43 Å². The van der Waals surface area contributed by atoms with Crippen molar-refractivity contribution in [1.82, 2.24) is 4.90 Å². The molecule has 1 amide bonds. The first-order valence-electron chi connectivity index (χ1n) is 7.26. The third-order valence-electron chi connectivity index (χ3n) is 4.25. The number of halogens is 2. The fourth-order valence-electron chi connectivity index (χ4n) is 3.10. The molecule has 0 spiro atoms. The fraction of sp³-hybridized carbons (Fsp3) is 0.111. The number of carbonyl (C=O) groups is 1. The molecule has 1 aromatic heterocycles. The molecule has 2 aromatic carbocycles. The van der Waals surface area contributed by atoms with Gasteiger partial charge in [0, 0.05) is 12.1 Å². The molecule has 3 aromatic rings. The summed E-state index contributed by atoms with van der Waals surface area (Å²) >= 11 is 5.97. The minimum absolute atomic E-state index is 0.0200. The van der Waals surface area contributed by atoms with Gasteiger partial charge in [-0.25, -0.2) is 4.39 Å². The maximum absolute atomic E-state index is 13.2. The molecule has 0 bridgehead atoms. The largest absolute Gasteiger partial charge is 0.450 e. The molecule has 0 saturated carbocycles. The minimum atomic E-state index is -0.618. The zero-order chi connectivity index (χ0) is 17.0. The van der Waals surface area contributed by atoms with E-state index in [4.69, 9.17) is 16.0 Å². The van der Waals surface area contributed by atoms with Crippen LogP contribution in [0.2, 0.25) is 5.02 Å². The Morgan fingerprint density at radius 3 is 2.54 bits per heavy atom. The van der Waals surface area contributed by atoms with Crippen molar-refractivity contribution in [2.24, 2.45) is 0 Å². The Morgan fingerprint density at radius 2 is 1.83 bits per heavy atom. The van der Waals surface area contributed by atoms with Gasteiger partial charge in [0.25, 0.3) is 5.91 Å². The maximum atomic E-state index is 13.2. The predicted molar refractivity (Wildman–Crippen MR) is 87.8 cm³/mol. The number of amides is 1. The second-order valence-electron chi connectivity index (χ2n) is 5.68. The number of rotatable bonds is 1. The van der Waals surface area contributed by atoms with Crippen molar-refractivity contribution in [3.8, 4) is 0 Å². The Balaban J connectivity index is 2.03. The van der Waals surface area contributed by atoms with Crippen LogP contribution in [0, 0.1) is 5.82 Å². The van der Waals surface area contributed by atoms with Crippen LogP contribution in [0.5, 0.6) is 0 Å². The van der Waals surface area contributed by atoms with Crippen molar-refractivity contribution in [3.05, 3.63) is 80.4 Å². The van der Waals surface area contributed by atoms with Crippen LogP contribution in [0.15, 0.2) is 51.7 Å². The summed E-state index contributed by atoms with van der Waals surface area (Å²) in [6.45, 7) is 0. The van der Waals surface area contributed by atoms with E-state index >= 15 is 0 Å². The Morgan fingerprint density at radius 1 is 1.12 bits per heavy atom. The average Bonchev–Trinajstić information content (AvgIpc) is 2.82. The van der Waals surface area contributed by atoms with Gasteiger partial charge >= 0.3 is 0 Å². The number of carbonyl (C=O) groups excluding carboxylic acids is 1. The minimum Gasteiger partial charge on any atom is -0.450 e. The van der Waals surface area contributed by atoms with Crippen LogP contribution in [-0.2, 0) is 0 Å². The molecule has 120 valence electrons. The highest BCUT2D eigenvalue weighted by molar-refractivity contribution is 6.31. The molecule has 1 atom stereocenters. The summed E-state index contributed by atoms with van der Waals surface area (Å²) in [5, 5.41) is 0.724. The van der Waals surface area contributed by atoms with Crippen LogP contribution < -0.4 is 5.43 Å².